The Bertz CT molecular complexity index is 766. The van der Waals surface area contributed by atoms with Crippen LogP contribution in [0.2, 0.25) is 0 Å². The van der Waals surface area contributed by atoms with E-state index >= 15 is 0 Å². The lowest BCUT2D eigenvalue weighted by Gasteiger charge is -2.19. The average molecular weight is 365 g/mol. The van der Waals surface area contributed by atoms with Crippen molar-refractivity contribution in [2.45, 2.75) is 28.4 Å². The predicted molar refractivity (Wildman–Crippen MR) is 92.7 cm³/mol. The van der Waals surface area contributed by atoms with Gasteiger partial charge in [0.1, 0.15) is 15.6 Å². The minimum Gasteiger partial charge on any atom is -0.368 e. The maximum absolute atomic E-state index is 13.0. The van der Waals surface area contributed by atoms with Crippen LogP contribution in [0.3, 0.4) is 0 Å². The lowest BCUT2D eigenvalue weighted by molar-refractivity contribution is -0.130. The number of carbonyl (C=O) groups excluding carboxylic acids is 1. The highest BCUT2D eigenvalue weighted by Gasteiger charge is 2.31. The van der Waals surface area contributed by atoms with Gasteiger partial charge in [0, 0.05) is 13.2 Å². The number of sulfone groups is 1. The van der Waals surface area contributed by atoms with Gasteiger partial charge < -0.3 is 10.1 Å². The largest absolute Gasteiger partial charge is 0.368 e. The molecule has 2 unspecified atom stereocenters. The number of nitrogens with one attached hydrogen (secondary N) is 1. The fourth-order valence-electron chi connectivity index (χ4n) is 2.73. The highest BCUT2D eigenvalue weighted by Crippen LogP contribution is 2.31. The van der Waals surface area contributed by atoms with Crippen molar-refractivity contribution < 1.29 is 17.9 Å². The molecular formula is C17H19NO4S2. The van der Waals surface area contributed by atoms with E-state index < -0.39 is 21.2 Å². The molecule has 0 bridgehead atoms. The van der Waals surface area contributed by atoms with Gasteiger partial charge in [-0.1, -0.05) is 36.4 Å². The summed E-state index contributed by atoms with van der Waals surface area (Å²) in [5.74, 6) is -0.241. The topological polar surface area (TPSA) is 72.5 Å². The number of hydrogen-bond acceptors (Lipinski definition) is 5. The third-order valence-electron chi connectivity index (χ3n) is 4.01. The van der Waals surface area contributed by atoms with Crippen molar-refractivity contribution in [3.05, 3.63) is 53.4 Å². The zero-order valence-electron chi connectivity index (χ0n) is 13.1. The molecule has 2 atom stereocenters. The van der Waals surface area contributed by atoms with Gasteiger partial charge in [-0.2, -0.15) is 0 Å². The molecule has 1 aliphatic heterocycles. The number of hydrogen-bond donors (Lipinski definition) is 1. The number of carbonyl (C=O) groups is 1. The lowest BCUT2D eigenvalue weighted by Crippen LogP contribution is -2.38. The molecule has 128 valence electrons. The molecule has 7 heteroatoms. The highest BCUT2D eigenvalue weighted by atomic mass is 32.2. The van der Waals surface area contributed by atoms with Gasteiger partial charge in [-0.05, 0) is 29.9 Å². The summed E-state index contributed by atoms with van der Waals surface area (Å²) in [4.78, 5) is 12.2. The first kappa shape index (κ1) is 17.1. The summed E-state index contributed by atoms with van der Waals surface area (Å²) in [7, 11) is -3.57. The molecule has 2 heterocycles. The van der Waals surface area contributed by atoms with Crippen LogP contribution in [0, 0.1) is 0 Å². The molecule has 1 fully saturated rings. The SMILES string of the molecule is O=C(NCC(c1ccccc1)S(=O)(=O)c1cccs1)C1CCCO1. The van der Waals surface area contributed by atoms with E-state index in [1.54, 1.807) is 41.8 Å². The third-order valence-corrected chi connectivity index (χ3v) is 7.54. The third kappa shape index (κ3) is 3.68. The minimum atomic E-state index is -3.57. The molecular weight excluding hydrogens is 346 g/mol. The molecule has 3 rings (SSSR count). The Kier molecular flexibility index (Phi) is 5.33. The van der Waals surface area contributed by atoms with E-state index in [4.69, 9.17) is 4.74 Å². The Labute approximate surface area is 145 Å². The van der Waals surface area contributed by atoms with Crippen LogP contribution in [0.1, 0.15) is 23.7 Å². The van der Waals surface area contributed by atoms with Gasteiger partial charge in [-0.3, -0.25) is 4.79 Å². The second kappa shape index (κ2) is 7.46. The second-order valence-corrected chi connectivity index (χ2v) is 8.93. The van der Waals surface area contributed by atoms with E-state index in [1.165, 1.54) is 11.3 Å². The molecule has 1 saturated heterocycles. The van der Waals surface area contributed by atoms with Crippen molar-refractivity contribution in [1.82, 2.24) is 5.32 Å². The number of benzene rings is 1. The first-order chi connectivity index (χ1) is 11.6. The van der Waals surface area contributed by atoms with Gasteiger partial charge in [-0.15, -0.1) is 11.3 Å². The van der Waals surface area contributed by atoms with Gasteiger partial charge in [-0.25, -0.2) is 8.42 Å². The number of thiophene rings is 1. The summed E-state index contributed by atoms with van der Waals surface area (Å²) in [5, 5.41) is 3.67. The first-order valence-electron chi connectivity index (χ1n) is 7.80. The van der Waals surface area contributed by atoms with Crippen LogP contribution >= 0.6 is 11.3 Å². The highest BCUT2D eigenvalue weighted by molar-refractivity contribution is 7.93. The van der Waals surface area contributed by atoms with Crippen LogP contribution in [0.25, 0.3) is 0 Å². The number of rotatable bonds is 6. The van der Waals surface area contributed by atoms with Gasteiger partial charge in [0.05, 0.1) is 0 Å². The molecule has 24 heavy (non-hydrogen) atoms. The van der Waals surface area contributed by atoms with Crippen LogP contribution in [0.4, 0.5) is 0 Å². The van der Waals surface area contributed by atoms with Crippen LogP contribution in [0.15, 0.2) is 52.1 Å². The maximum atomic E-state index is 13.0. The molecule has 1 aromatic heterocycles. The normalized spacial score (nSPS) is 19.1. The van der Waals surface area contributed by atoms with Crippen LogP contribution in [-0.2, 0) is 19.4 Å². The minimum absolute atomic E-state index is 0.0307. The summed E-state index contributed by atoms with van der Waals surface area (Å²) in [6.07, 6.45) is 1.07. The monoisotopic (exact) mass is 365 g/mol. The fourth-order valence-corrected chi connectivity index (χ4v) is 5.60. The molecule has 1 amide bonds. The zero-order valence-corrected chi connectivity index (χ0v) is 14.7. The van der Waals surface area contributed by atoms with E-state index in [0.717, 1.165) is 6.42 Å². The van der Waals surface area contributed by atoms with Crippen LogP contribution < -0.4 is 5.32 Å². The summed E-state index contributed by atoms with van der Waals surface area (Å²) in [6, 6.07) is 12.3. The van der Waals surface area contributed by atoms with E-state index in [2.05, 4.69) is 5.32 Å². The van der Waals surface area contributed by atoms with Crippen molar-refractivity contribution in [1.29, 1.82) is 0 Å². The molecule has 0 aliphatic carbocycles. The van der Waals surface area contributed by atoms with Crippen LogP contribution in [0.5, 0.6) is 0 Å². The van der Waals surface area contributed by atoms with Crippen molar-refractivity contribution in [2.75, 3.05) is 13.2 Å². The molecule has 2 aromatic rings. The first-order valence-corrected chi connectivity index (χ1v) is 10.2. The summed E-state index contributed by atoms with van der Waals surface area (Å²) >= 11 is 1.19. The average Bonchev–Trinajstić information content (AvgIpc) is 3.29. The van der Waals surface area contributed by atoms with E-state index in [9.17, 15) is 13.2 Å². The Hall–Kier alpha value is -1.70. The van der Waals surface area contributed by atoms with Crippen molar-refractivity contribution >= 4 is 27.1 Å². The van der Waals surface area contributed by atoms with Gasteiger partial charge in [0.25, 0.3) is 0 Å². The van der Waals surface area contributed by atoms with Crippen molar-refractivity contribution in [3.8, 4) is 0 Å². The Morgan fingerprint density at radius 1 is 1.25 bits per heavy atom. The Balaban J connectivity index is 1.82. The number of amides is 1. The van der Waals surface area contributed by atoms with Crippen molar-refractivity contribution in [3.63, 3.8) is 0 Å². The molecule has 5 nitrogen and oxygen atoms in total. The molecule has 1 aromatic carbocycles. The zero-order chi connectivity index (χ0) is 17.0. The fraction of sp³-hybridized carbons (Fsp3) is 0.353. The van der Waals surface area contributed by atoms with E-state index in [-0.39, 0.29) is 12.5 Å². The smallest absolute Gasteiger partial charge is 0.249 e. The maximum Gasteiger partial charge on any atom is 0.249 e. The molecule has 0 radical (unpaired) electrons. The van der Waals surface area contributed by atoms with Crippen molar-refractivity contribution in [2.24, 2.45) is 0 Å². The van der Waals surface area contributed by atoms with E-state index in [1.807, 2.05) is 6.07 Å². The Morgan fingerprint density at radius 3 is 2.67 bits per heavy atom. The molecule has 1 N–H and O–H groups in total. The quantitative estimate of drug-likeness (QED) is 0.854. The standard InChI is InChI=1S/C17H19NO4S2/c19-17(14-8-4-10-22-14)18-12-15(13-6-2-1-3-7-13)24(20,21)16-9-5-11-23-16/h1-3,5-7,9,11,14-15H,4,8,10,12H2,(H,18,19). The van der Waals surface area contributed by atoms with Gasteiger partial charge >= 0.3 is 0 Å². The Morgan fingerprint density at radius 2 is 2.04 bits per heavy atom. The predicted octanol–water partition coefficient (Wildman–Crippen LogP) is 2.56. The summed E-state index contributed by atoms with van der Waals surface area (Å²) < 4.78 is 31.6. The molecule has 0 saturated carbocycles. The molecule has 0 spiro atoms. The summed E-state index contributed by atoms with van der Waals surface area (Å²) in [5.41, 5.74) is 0.665. The number of ether oxygens (including phenoxy) is 1. The molecule has 1 aliphatic rings. The van der Waals surface area contributed by atoms with Gasteiger partial charge in [0.15, 0.2) is 9.84 Å². The summed E-state index contributed by atoms with van der Waals surface area (Å²) in [6.45, 7) is 0.608. The lowest BCUT2D eigenvalue weighted by atomic mass is 10.1. The van der Waals surface area contributed by atoms with E-state index in [0.29, 0.717) is 22.8 Å². The van der Waals surface area contributed by atoms with Crippen LogP contribution in [-0.4, -0.2) is 33.6 Å². The van der Waals surface area contributed by atoms with Gasteiger partial charge in [0.2, 0.25) is 5.91 Å². The second-order valence-electron chi connectivity index (χ2n) is 5.62.